The highest BCUT2D eigenvalue weighted by Gasteiger charge is 2.54. The van der Waals surface area contributed by atoms with Gasteiger partial charge in [0.15, 0.2) is 0 Å². The van der Waals surface area contributed by atoms with Gasteiger partial charge in [0.2, 0.25) is 0 Å². The topological polar surface area (TPSA) is 57.5 Å². The maximum absolute atomic E-state index is 13.0. The minimum atomic E-state index is -4.85. The number of carboxylic acid groups (broad SMARTS) is 1. The van der Waals surface area contributed by atoms with Gasteiger partial charge in [0, 0.05) is 0 Å². The Labute approximate surface area is 105 Å². The zero-order chi connectivity index (χ0) is 14.4. The number of aliphatic hydroxyl groups excluding tert-OH is 1. The Bertz CT molecular complexity index is 518. The second kappa shape index (κ2) is 4.19. The van der Waals surface area contributed by atoms with Crippen LogP contribution in [-0.2, 0) is 16.4 Å². The van der Waals surface area contributed by atoms with Gasteiger partial charge in [-0.05, 0) is 30.5 Å². The summed E-state index contributed by atoms with van der Waals surface area (Å²) in [4.78, 5) is 11.2. The number of alkyl halides is 3. The van der Waals surface area contributed by atoms with Crippen molar-refractivity contribution in [2.24, 2.45) is 0 Å². The molecule has 0 aliphatic heterocycles. The maximum Gasteiger partial charge on any atom is 0.416 e. The van der Waals surface area contributed by atoms with Crippen molar-refractivity contribution < 1.29 is 32.6 Å². The number of hydrogen-bond donors (Lipinski definition) is 2. The number of rotatable bonds is 2. The van der Waals surface area contributed by atoms with Gasteiger partial charge in [-0.15, -0.1) is 0 Å². The molecule has 1 fully saturated rings. The van der Waals surface area contributed by atoms with Crippen LogP contribution in [0.25, 0.3) is 0 Å². The Hall–Kier alpha value is -1.63. The van der Waals surface area contributed by atoms with Crippen molar-refractivity contribution in [3.05, 3.63) is 35.1 Å². The third kappa shape index (κ3) is 2.18. The molecule has 0 bridgehead atoms. The first-order chi connectivity index (χ1) is 8.67. The Balaban J connectivity index is 2.59. The van der Waals surface area contributed by atoms with E-state index in [0.717, 1.165) is 12.1 Å². The van der Waals surface area contributed by atoms with E-state index in [4.69, 9.17) is 5.11 Å². The number of carbonyl (C=O) groups is 1. The first-order valence-corrected chi connectivity index (χ1v) is 5.45. The van der Waals surface area contributed by atoms with Gasteiger partial charge in [-0.1, -0.05) is 6.07 Å². The van der Waals surface area contributed by atoms with Gasteiger partial charge in [0.05, 0.1) is 17.1 Å². The highest BCUT2D eigenvalue weighted by Crippen LogP contribution is 2.48. The number of benzene rings is 1. The molecule has 3 nitrogen and oxygen atoms in total. The van der Waals surface area contributed by atoms with Crippen LogP contribution in [0.15, 0.2) is 18.2 Å². The Kier molecular flexibility index (Phi) is 3.04. The highest BCUT2D eigenvalue weighted by molar-refractivity contribution is 5.83. The molecule has 19 heavy (non-hydrogen) atoms. The van der Waals surface area contributed by atoms with Gasteiger partial charge in [0.25, 0.3) is 0 Å². The van der Waals surface area contributed by atoms with E-state index in [1.807, 2.05) is 0 Å². The lowest BCUT2D eigenvalue weighted by molar-refractivity contribution is -0.155. The van der Waals surface area contributed by atoms with E-state index in [1.54, 1.807) is 0 Å². The predicted octanol–water partition coefficient (Wildman–Crippen LogP) is 2.32. The van der Waals surface area contributed by atoms with E-state index >= 15 is 0 Å². The number of carboxylic acids is 1. The van der Waals surface area contributed by atoms with E-state index in [0.29, 0.717) is 0 Å². The Morgan fingerprint density at radius 2 is 1.89 bits per heavy atom. The summed E-state index contributed by atoms with van der Waals surface area (Å²) in [5.74, 6) is -2.54. The summed E-state index contributed by atoms with van der Waals surface area (Å²) in [5.41, 5.74) is -3.60. The van der Waals surface area contributed by atoms with Crippen LogP contribution >= 0.6 is 0 Å². The molecule has 0 atom stereocenters. The number of halogens is 4. The van der Waals surface area contributed by atoms with Gasteiger partial charge in [-0.3, -0.25) is 4.79 Å². The normalized spacial score (nSPS) is 26.9. The average Bonchev–Trinajstić information content (AvgIpc) is 2.23. The molecular formula is C12H10F4O3. The average molecular weight is 278 g/mol. The van der Waals surface area contributed by atoms with Crippen molar-refractivity contribution in [1.29, 1.82) is 0 Å². The summed E-state index contributed by atoms with van der Waals surface area (Å²) in [6.45, 7) is 0. The fraction of sp³-hybridized carbons (Fsp3) is 0.417. The number of aliphatic carboxylic acids is 1. The largest absolute Gasteiger partial charge is 0.481 e. The molecule has 2 N–H and O–H groups in total. The second-order valence-electron chi connectivity index (χ2n) is 4.64. The first-order valence-electron chi connectivity index (χ1n) is 5.45. The van der Waals surface area contributed by atoms with Gasteiger partial charge in [0.1, 0.15) is 5.82 Å². The molecule has 0 spiro atoms. The van der Waals surface area contributed by atoms with Crippen molar-refractivity contribution in [1.82, 2.24) is 0 Å². The van der Waals surface area contributed by atoms with E-state index in [1.165, 1.54) is 0 Å². The Morgan fingerprint density at radius 3 is 2.32 bits per heavy atom. The third-order valence-corrected chi connectivity index (χ3v) is 3.38. The molecule has 1 saturated carbocycles. The van der Waals surface area contributed by atoms with Crippen LogP contribution in [0.3, 0.4) is 0 Å². The van der Waals surface area contributed by atoms with Crippen LogP contribution in [-0.4, -0.2) is 22.3 Å². The van der Waals surface area contributed by atoms with Crippen LogP contribution in [0, 0.1) is 5.82 Å². The molecule has 2 rings (SSSR count). The van der Waals surface area contributed by atoms with Crippen molar-refractivity contribution in [2.45, 2.75) is 30.5 Å². The summed E-state index contributed by atoms with van der Waals surface area (Å²) in [7, 11) is 0. The SMILES string of the molecule is O=C(O)C1(c2ccc(F)cc2C(F)(F)F)CC(O)C1. The number of aliphatic hydroxyl groups is 1. The lowest BCUT2D eigenvalue weighted by Gasteiger charge is -2.43. The second-order valence-corrected chi connectivity index (χ2v) is 4.64. The number of hydrogen-bond acceptors (Lipinski definition) is 2. The molecule has 0 radical (unpaired) electrons. The zero-order valence-corrected chi connectivity index (χ0v) is 9.54. The lowest BCUT2D eigenvalue weighted by atomic mass is 9.61. The molecule has 1 aromatic rings. The molecule has 1 aliphatic rings. The van der Waals surface area contributed by atoms with Crippen molar-refractivity contribution in [3.8, 4) is 0 Å². The van der Waals surface area contributed by atoms with Gasteiger partial charge >= 0.3 is 12.1 Å². The standard InChI is InChI=1S/C12H10F4O3/c13-6-1-2-8(9(3-6)12(14,15)16)11(10(18)19)4-7(17)5-11/h1-3,7,17H,4-5H2,(H,18,19). The van der Waals surface area contributed by atoms with Crippen molar-refractivity contribution >= 4 is 5.97 Å². The molecule has 1 aromatic carbocycles. The predicted molar refractivity (Wildman–Crippen MR) is 56.0 cm³/mol. The van der Waals surface area contributed by atoms with Gasteiger partial charge < -0.3 is 10.2 Å². The molecule has 0 amide bonds. The fourth-order valence-corrected chi connectivity index (χ4v) is 2.42. The van der Waals surface area contributed by atoms with E-state index in [9.17, 15) is 27.5 Å². The summed E-state index contributed by atoms with van der Waals surface area (Å²) in [6.07, 6.45) is -6.42. The van der Waals surface area contributed by atoms with Crippen molar-refractivity contribution in [3.63, 3.8) is 0 Å². The molecule has 7 heteroatoms. The maximum atomic E-state index is 13.0. The zero-order valence-electron chi connectivity index (χ0n) is 9.54. The molecule has 0 aromatic heterocycles. The quantitative estimate of drug-likeness (QED) is 0.816. The van der Waals surface area contributed by atoms with Gasteiger partial charge in [-0.25, -0.2) is 4.39 Å². The summed E-state index contributed by atoms with van der Waals surface area (Å²) >= 11 is 0. The molecular weight excluding hydrogens is 268 g/mol. The van der Waals surface area contributed by atoms with Crippen LogP contribution < -0.4 is 0 Å². The highest BCUT2D eigenvalue weighted by atomic mass is 19.4. The first kappa shape index (κ1) is 13.8. The monoisotopic (exact) mass is 278 g/mol. The van der Waals surface area contributed by atoms with E-state index in [2.05, 4.69) is 0 Å². The lowest BCUT2D eigenvalue weighted by Crippen LogP contribution is -2.51. The minimum absolute atomic E-state index is 0.282. The van der Waals surface area contributed by atoms with Gasteiger partial charge in [-0.2, -0.15) is 13.2 Å². The minimum Gasteiger partial charge on any atom is -0.481 e. The summed E-state index contributed by atoms with van der Waals surface area (Å²) < 4.78 is 51.5. The van der Waals surface area contributed by atoms with Crippen LogP contribution in [0.4, 0.5) is 17.6 Å². The van der Waals surface area contributed by atoms with E-state index < -0.39 is 40.6 Å². The summed E-state index contributed by atoms with van der Waals surface area (Å²) in [6, 6.07) is 1.91. The third-order valence-electron chi connectivity index (χ3n) is 3.38. The molecule has 0 heterocycles. The molecule has 0 saturated heterocycles. The molecule has 104 valence electrons. The molecule has 0 unspecified atom stereocenters. The molecule has 1 aliphatic carbocycles. The van der Waals surface area contributed by atoms with Crippen LogP contribution in [0.1, 0.15) is 24.0 Å². The van der Waals surface area contributed by atoms with E-state index in [-0.39, 0.29) is 18.9 Å². The van der Waals surface area contributed by atoms with Crippen LogP contribution in [0.5, 0.6) is 0 Å². The Morgan fingerprint density at radius 1 is 1.32 bits per heavy atom. The smallest absolute Gasteiger partial charge is 0.416 e. The summed E-state index contributed by atoms with van der Waals surface area (Å²) in [5, 5.41) is 18.4. The fourth-order valence-electron chi connectivity index (χ4n) is 2.42. The van der Waals surface area contributed by atoms with Crippen LogP contribution in [0.2, 0.25) is 0 Å². The van der Waals surface area contributed by atoms with Crippen molar-refractivity contribution in [2.75, 3.05) is 0 Å².